The second kappa shape index (κ2) is 10.2. The van der Waals surface area contributed by atoms with Crippen molar-refractivity contribution in [3.05, 3.63) is 29.3 Å². The van der Waals surface area contributed by atoms with Gasteiger partial charge in [0.1, 0.15) is 26.2 Å². The lowest BCUT2D eigenvalue weighted by Crippen LogP contribution is -3.28. The third-order valence-corrected chi connectivity index (χ3v) is 6.24. The number of benzene rings is 1. The van der Waals surface area contributed by atoms with E-state index in [-0.39, 0.29) is 5.91 Å². The monoisotopic (exact) mass is 402 g/mol. The minimum absolute atomic E-state index is 0.0791. The molecule has 2 aliphatic rings. The standard InChI is InChI=1S/C23H36N4O2/c1-4-10-27(15-20-8-9-20)22(29)17-26-13-11-25(12-14-26)16-21(28)24-23-18(2)6-5-7-19(23)3/h5-7,20H,4,8-17H2,1-3H3,(H,24,28)/p+2. The van der Waals surface area contributed by atoms with Gasteiger partial charge in [-0.2, -0.15) is 0 Å². The molecule has 0 aromatic heterocycles. The van der Waals surface area contributed by atoms with Crippen LogP contribution >= 0.6 is 0 Å². The van der Waals surface area contributed by atoms with Gasteiger partial charge in [0, 0.05) is 18.8 Å². The summed E-state index contributed by atoms with van der Waals surface area (Å²) in [5, 5.41) is 3.09. The SMILES string of the molecule is CCCN(CC1CC1)C(=O)C[NH+]1CC[NH+](CC(=O)Nc2c(C)cccc2C)CC1. The molecule has 6 heteroatoms. The normalized spacial score (nSPS) is 21.6. The van der Waals surface area contributed by atoms with E-state index in [1.165, 1.54) is 22.6 Å². The van der Waals surface area contributed by atoms with Crippen LogP contribution in [0, 0.1) is 19.8 Å². The van der Waals surface area contributed by atoms with E-state index < -0.39 is 0 Å². The first-order valence-corrected chi connectivity index (χ1v) is 11.3. The van der Waals surface area contributed by atoms with Gasteiger partial charge in [-0.15, -0.1) is 0 Å². The molecule has 1 heterocycles. The van der Waals surface area contributed by atoms with Gasteiger partial charge in [0.25, 0.3) is 11.8 Å². The minimum Gasteiger partial charge on any atom is -0.338 e. The minimum atomic E-state index is 0.0791. The lowest BCUT2D eigenvalue weighted by atomic mass is 10.1. The molecule has 2 fully saturated rings. The average Bonchev–Trinajstić information content (AvgIpc) is 3.50. The number of hydrogen-bond donors (Lipinski definition) is 3. The fourth-order valence-corrected chi connectivity index (χ4v) is 4.26. The van der Waals surface area contributed by atoms with Crippen LogP contribution in [0.15, 0.2) is 18.2 Å². The van der Waals surface area contributed by atoms with Crippen molar-refractivity contribution in [3.8, 4) is 0 Å². The number of carbonyl (C=O) groups is 2. The summed E-state index contributed by atoms with van der Waals surface area (Å²) in [5.41, 5.74) is 3.14. The molecule has 1 aromatic rings. The summed E-state index contributed by atoms with van der Waals surface area (Å²) in [4.78, 5) is 30.0. The third-order valence-electron chi connectivity index (χ3n) is 6.24. The highest BCUT2D eigenvalue weighted by molar-refractivity contribution is 5.93. The number of nitrogens with zero attached hydrogens (tertiary/aromatic N) is 1. The zero-order valence-electron chi connectivity index (χ0n) is 18.4. The van der Waals surface area contributed by atoms with Crippen molar-refractivity contribution in [2.24, 2.45) is 5.92 Å². The van der Waals surface area contributed by atoms with Gasteiger partial charge in [0.05, 0.1) is 0 Å². The van der Waals surface area contributed by atoms with Gasteiger partial charge in [-0.05, 0) is 50.2 Å². The highest BCUT2D eigenvalue weighted by Crippen LogP contribution is 2.29. The van der Waals surface area contributed by atoms with Crippen LogP contribution in [-0.2, 0) is 9.59 Å². The number of rotatable bonds is 9. The first-order valence-electron chi connectivity index (χ1n) is 11.3. The number of piperazine rings is 1. The molecule has 0 radical (unpaired) electrons. The molecule has 3 N–H and O–H groups in total. The Bertz CT molecular complexity index is 689. The van der Waals surface area contributed by atoms with Crippen LogP contribution in [0.25, 0.3) is 0 Å². The van der Waals surface area contributed by atoms with Gasteiger partial charge in [-0.25, -0.2) is 0 Å². The topological polar surface area (TPSA) is 58.3 Å². The van der Waals surface area contributed by atoms with Crippen LogP contribution in [0.4, 0.5) is 5.69 Å². The van der Waals surface area contributed by atoms with Crippen LogP contribution < -0.4 is 15.1 Å². The molecule has 29 heavy (non-hydrogen) atoms. The largest absolute Gasteiger partial charge is 0.338 e. The second-order valence-corrected chi connectivity index (χ2v) is 8.95. The van der Waals surface area contributed by atoms with Gasteiger partial charge in [-0.3, -0.25) is 9.59 Å². The highest BCUT2D eigenvalue weighted by atomic mass is 16.2. The fourth-order valence-electron chi connectivity index (χ4n) is 4.26. The second-order valence-electron chi connectivity index (χ2n) is 8.95. The molecule has 1 saturated heterocycles. The maximum atomic E-state index is 12.7. The number of hydrogen-bond acceptors (Lipinski definition) is 2. The summed E-state index contributed by atoms with van der Waals surface area (Å²) in [7, 11) is 0. The number of nitrogens with one attached hydrogen (secondary N) is 3. The number of aryl methyl sites for hydroxylation is 2. The molecule has 2 amide bonds. The Balaban J connectivity index is 1.41. The summed E-state index contributed by atoms with van der Waals surface area (Å²) >= 11 is 0. The molecule has 1 aromatic carbocycles. The Kier molecular flexibility index (Phi) is 7.67. The molecule has 1 saturated carbocycles. The Morgan fingerprint density at radius 3 is 2.17 bits per heavy atom. The van der Waals surface area contributed by atoms with Gasteiger partial charge >= 0.3 is 0 Å². The Morgan fingerprint density at radius 2 is 1.62 bits per heavy atom. The van der Waals surface area contributed by atoms with E-state index in [1.54, 1.807) is 0 Å². The van der Waals surface area contributed by atoms with Crippen molar-refractivity contribution < 1.29 is 19.4 Å². The van der Waals surface area contributed by atoms with Gasteiger partial charge < -0.3 is 20.0 Å². The predicted octanol–water partition coefficient (Wildman–Crippen LogP) is -0.326. The number of para-hydroxylation sites is 1. The Morgan fingerprint density at radius 1 is 1.03 bits per heavy atom. The summed E-state index contributed by atoms with van der Waals surface area (Å²) in [6, 6.07) is 6.07. The van der Waals surface area contributed by atoms with Crippen molar-refractivity contribution in [1.29, 1.82) is 0 Å². The summed E-state index contributed by atoms with van der Waals surface area (Å²) in [6.45, 7) is 13.0. The lowest BCUT2D eigenvalue weighted by molar-refractivity contribution is -1.00. The van der Waals surface area contributed by atoms with E-state index in [4.69, 9.17) is 0 Å². The summed E-state index contributed by atoms with van der Waals surface area (Å²) in [5.74, 6) is 1.14. The van der Waals surface area contributed by atoms with Crippen LogP contribution in [0.1, 0.15) is 37.3 Å². The third kappa shape index (κ3) is 6.54. The van der Waals surface area contributed by atoms with Crippen LogP contribution in [0.3, 0.4) is 0 Å². The van der Waals surface area contributed by atoms with E-state index in [0.717, 1.165) is 68.4 Å². The molecule has 1 aliphatic carbocycles. The van der Waals surface area contributed by atoms with E-state index in [0.29, 0.717) is 19.0 Å². The Labute approximate surface area is 175 Å². The van der Waals surface area contributed by atoms with Crippen molar-refractivity contribution >= 4 is 17.5 Å². The summed E-state index contributed by atoms with van der Waals surface area (Å²) in [6.07, 6.45) is 3.60. The van der Waals surface area contributed by atoms with Crippen molar-refractivity contribution in [1.82, 2.24) is 4.90 Å². The van der Waals surface area contributed by atoms with Crippen molar-refractivity contribution in [2.45, 2.75) is 40.0 Å². The molecule has 0 spiro atoms. The maximum Gasteiger partial charge on any atom is 0.279 e. The summed E-state index contributed by atoms with van der Waals surface area (Å²) < 4.78 is 0. The molecular formula is C23H38N4O2+2. The number of amides is 2. The fraction of sp³-hybridized carbons (Fsp3) is 0.652. The molecule has 160 valence electrons. The van der Waals surface area contributed by atoms with Crippen LogP contribution in [-0.4, -0.2) is 69.1 Å². The lowest BCUT2D eigenvalue weighted by Gasteiger charge is -2.30. The quantitative estimate of drug-likeness (QED) is 0.530. The van der Waals surface area contributed by atoms with Crippen LogP contribution in [0.5, 0.6) is 0 Å². The number of anilines is 1. The first-order chi connectivity index (χ1) is 14.0. The first kappa shape index (κ1) is 21.8. The molecule has 6 nitrogen and oxygen atoms in total. The van der Waals surface area contributed by atoms with Gasteiger partial charge in [0.15, 0.2) is 13.1 Å². The molecule has 0 unspecified atom stereocenters. The van der Waals surface area contributed by atoms with Gasteiger partial charge in [0.2, 0.25) is 0 Å². The molecular weight excluding hydrogens is 364 g/mol. The van der Waals surface area contributed by atoms with E-state index in [9.17, 15) is 9.59 Å². The van der Waals surface area contributed by atoms with Crippen LogP contribution in [0.2, 0.25) is 0 Å². The van der Waals surface area contributed by atoms with Crippen molar-refractivity contribution in [2.75, 3.05) is 57.7 Å². The van der Waals surface area contributed by atoms with E-state index in [1.807, 2.05) is 32.0 Å². The smallest absolute Gasteiger partial charge is 0.279 e. The zero-order valence-corrected chi connectivity index (χ0v) is 18.4. The molecule has 0 atom stereocenters. The predicted molar refractivity (Wildman–Crippen MR) is 115 cm³/mol. The number of quaternary nitrogens is 2. The average molecular weight is 403 g/mol. The van der Waals surface area contributed by atoms with E-state index >= 15 is 0 Å². The Hall–Kier alpha value is -1.92. The molecule has 0 bridgehead atoms. The van der Waals surface area contributed by atoms with E-state index in [2.05, 4.69) is 17.1 Å². The zero-order chi connectivity index (χ0) is 20.8. The molecule has 3 rings (SSSR count). The number of carbonyl (C=O) groups excluding carboxylic acids is 2. The van der Waals surface area contributed by atoms with Gasteiger partial charge in [-0.1, -0.05) is 25.1 Å². The van der Waals surface area contributed by atoms with Crippen molar-refractivity contribution in [3.63, 3.8) is 0 Å². The maximum absolute atomic E-state index is 12.7. The highest BCUT2D eigenvalue weighted by Gasteiger charge is 2.30. The molecule has 1 aliphatic heterocycles.